The largest absolute Gasteiger partial charge is 0.416 e. The summed E-state index contributed by atoms with van der Waals surface area (Å²) >= 11 is 3.00. The first-order chi connectivity index (χ1) is 12.7. The van der Waals surface area contributed by atoms with Crippen LogP contribution >= 0.6 is 15.9 Å². The molecule has 27 heavy (non-hydrogen) atoms. The zero-order valence-electron chi connectivity index (χ0n) is 14.2. The summed E-state index contributed by atoms with van der Waals surface area (Å²) < 4.78 is 69.0. The van der Waals surface area contributed by atoms with Gasteiger partial charge in [-0.1, -0.05) is 15.9 Å². The molecule has 1 aliphatic rings. The van der Waals surface area contributed by atoms with Gasteiger partial charge >= 0.3 is 6.18 Å². The number of benzene rings is 2. The molecule has 9 heteroatoms. The van der Waals surface area contributed by atoms with Gasteiger partial charge in [-0.25, -0.2) is 8.60 Å². The average Bonchev–Trinajstić information content (AvgIpc) is 3.01. The smallest absolute Gasteiger partial charge is 0.381 e. The van der Waals surface area contributed by atoms with Crippen LogP contribution in [-0.2, 0) is 22.5 Å². The SMILES string of the molecule is O=S1(=Nc2ccc(NCc3c(F)cc(C(F)(F)F)cc3Br)cc2)CCCC1. The number of hydrogen-bond acceptors (Lipinski definition) is 3. The number of nitrogens with zero attached hydrogens (tertiary/aromatic N) is 1. The van der Waals surface area contributed by atoms with Crippen LogP contribution < -0.4 is 5.32 Å². The van der Waals surface area contributed by atoms with E-state index in [0.717, 1.165) is 18.9 Å². The van der Waals surface area contributed by atoms with Gasteiger partial charge < -0.3 is 5.32 Å². The quantitative estimate of drug-likeness (QED) is 0.554. The van der Waals surface area contributed by atoms with E-state index in [1.54, 1.807) is 24.3 Å². The predicted molar refractivity (Wildman–Crippen MR) is 102 cm³/mol. The van der Waals surface area contributed by atoms with E-state index in [4.69, 9.17) is 0 Å². The molecule has 0 spiro atoms. The second kappa shape index (κ2) is 7.79. The molecular weight excluding hydrogens is 448 g/mol. The molecule has 1 saturated heterocycles. The normalized spacial score (nSPS) is 16.3. The Labute approximate surface area is 163 Å². The molecule has 0 bridgehead atoms. The lowest BCUT2D eigenvalue weighted by Crippen LogP contribution is -2.09. The highest BCUT2D eigenvalue weighted by atomic mass is 79.9. The van der Waals surface area contributed by atoms with E-state index in [1.807, 2.05) is 0 Å². The fourth-order valence-corrected chi connectivity index (χ4v) is 5.59. The predicted octanol–water partition coefficient (Wildman–Crippen LogP) is 6.11. The molecule has 146 valence electrons. The molecule has 1 aliphatic heterocycles. The molecule has 3 nitrogen and oxygen atoms in total. The minimum atomic E-state index is -4.60. The van der Waals surface area contributed by atoms with Crippen molar-refractivity contribution in [2.45, 2.75) is 25.6 Å². The van der Waals surface area contributed by atoms with Gasteiger partial charge in [0, 0.05) is 33.8 Å². The lowest BCUT2D eigenvalue weighted by atomic mass is 10.1. The van der Waals surface area contributed by atoms with Crippen LogP contribution in [0.25, 0.3) is 0 Å². The van der Waals surface area contributed by atoms with Gasteiger partial charge in [0.15, 0.2) is 0 Å². The Morgan fingerprint density at radius 3 is 2.30 bits per heavy atom. The van der Waals surface area contributed by atoms with E-state index in [1.165, 1.54) is 0 Å². The highest BCUT2D eigenvalue weighted by Gasteiger charge is 2.32. The van der Waals surface area contributed by atoms with Crippen LogP contribution in [0.3, 0.4) is 0 Å². The number of alkyl halides is 3. The van der Waals surface area contributed by atoms with E-state index >= 15 is 0 Å². The van der Waals surface area contributed by atoms with Gasteiger partial charge in [0.05, 0.1) is 21.0 Å². The van der Waals surface area contributed by atoms with E-state index in [-0.39, 0.29) is 16.6 Å². The Morgan fingerprint density at radius 2 is 1.74 bits per heavy atom. The van der Waals surface area contributed by atoms with Crippen LogP contribution in [0.4, 0.5) is 28.9 Å². The van der Waals surface area contributed by atoms with Gasteiger partial charge in [-0.2, -0.15) is 17.5 Å². The van der Waals surface area contributed by atoms with Crippen LogP contribution in [0.2, 0.25) is 0 Å². The van der Waals surface area contributed by atoms with Crippen molar-refractivity contribution in [3.8, 4) is 0 Å². The Morgan fingerprint density at radius 1 is 1.11 bits per heavy atom. The highest BCUT2D eigenvalue weighted by molar-refractivity contribution is 9.10. The standard InChI is InChI=1S/C18H17BrF4N2OS/c19-16-9-12(18(21,22)23)10-17(20)15(16)11-24-13-3-5-14(6-4-13)25-27(26)7-1-2-8-27/h3-6,9-10,24H,1-2,7-8,11H2. The fourth-order valence-electron chi connectivity index (χ4n) is 2.81. The number of nitrogens with one attached hydrogen (secondary N) is 1. The maximum absolute atomic E-state index is 14.1. The maximum atomic E-state index is 14.1. The summed E-state index contributed by atoms with van der Waals surface area (Å²) in [5.41, 5.74) is 0.337. The summed E-state index contributed by atoms with van der Waals surface area (Å²) in [6.45, 7) is 0.0117. The number of halogens is 5. The van der Waals surface area contributed by atoms with Gasteiger partial charge in [-0.15, -0.1) is 0 Å². The molecule has 1 N–H and O–H groups in total. The minimum absolute atomic E-state index is 0.0117. The minimum Gasteiger partial charge on any atom is -0.381 e. The fraction of sp³-hybridized carbons (Fsp3) is 0.333. The van der Waals surface area contributed by atoms with E-state index in [2.05, 4.69) is 25.6 Å². The summed E-state index contributed by atoms with van der Waals surface area (Å²) in [7, 11) is -2.15. The monoisotopic (exact) mass is 464 g/mol. The lowest BCUT2D eigenvalue weighted by Gasteiger charge is -2.13. The number of anilines is 1. The van der Waals surface area contributed by atoms with Crippen LogP contribution in [0.1, 0.15) is 24.0 Å². The van der Waals surface area contributed by atoms with E-state index < -0.39 is 27.3 Å². The molecule has 0 radical (unpaired) electrons. The van der Waals surface area contributed by atoms with Crippen LogP contribution in [0.5, 0.6) is 0 Å². The summed E-state index contributed by atoms with van der Waals surface area (Å²) in [5.74, 6) is 0.302. The van der Waals surface area contributed by atoms with Crippen molar-refractivity contribution in [2.24, 2.45) is 4.36 Å². The average molecular weight is 465 g/mol. The first-order valence-corrected chi connectivity index (χ1v) is 10.9. The van der Waals surface area contributed by atoms with E-state index in [0.29, 0.717) is 28.9 Å². The number of hydrogen-bond donors (Lipinski definition) is 1. The second-order valence-corrected chi connectivity index (χ2v) is 9.69. The van der Waals surface area contributed by atoms with Crippen molar-refractivity contribution in [2.75, 3.05) is 16.8 Å². The zero-order chi connectivity index (χ0) is 19.7. The molecule has 2 aromatic rings. The molecule has 0 aliphatic carbocycles. The first kappa shape index (κ1) is 20.1. The second-order valence-electron chi connectivity index (χ2n) is 6.30. The summed E-state index contributed by atoms with van der Waals surface area (Å²) in [5, 5.41) is 2.97. The van der Waals surface area contributed by atoms with Crippen molar-refractivity contribution in [3.63, 3.8) is 0 Å². The molecule has 0 unspecified atom stereocenters. The molecule has 1 fully saturated rings. The van der Waals surface area contributed by atoms with Crippen molar-refractivity contribution in [3.05, 3.63) is 57.8 Å². The van der Waals surface area contributed by atoms with Crippen molar-refractivity contribution in [1.82, 2.24) is 0 Å². The molecule has 0 saturated carbocycles. The molecular formula is C18H17BrF4N2OS. The van der Waals surface area contributed by atoms with Crippen LogP contribution in [-0.4, -0.2) is 15.7 Å². The third kappa shape index (κ3) is 5.01. The Balaban J connectivity index is 1.71. The van der Waals surface area contributed by atoms with Gasteiger partial charge in [0.1, 0.15) is 5.82 Å². The lowest BCUT2D eigenvalue weighted by molar-refractivity contribution is -0.137. The molecule has 1 heterocycles. The molecule has 0 atom stereocenters. The Bertz CT molecular complexity index is 916. The van der Waals surface area contributed by atoms with Crippen molar-refractivity contribution < 1.29 is 21.8 Å². The Kier molecular flexibility index (Phi) is 5.81. The van der Waals surface area contributed by atoms with E-state index in [9.17, 15) is 21.8 Å². The molecule has 2 aromatic carbocycles. The maximum Gasteiger partial charge on any atom is 0.416 e. The van der Waals surface area contributed by atoms with Gasteiger partial charge in [-0.05, 0) is 49.2 Å². The van der Waals surface area contributed by atoms with Crippen LogP contribution in [0.15, 0.2) is 45.2 Å². The third-order valence-corrected chi connectivity index (χ3v) is 7.36. The summed E-state index contributed by atoms with van der Waals surface area (Å²) in [6.07, 6.45) is -2.75. The molecule has 3 rings (SSSR count). The summed E-state index contributed by atoms with van der Waals surface area (Å²) in [6, 6.07) is 8.21. The van der Waals surface area contributed by atoms with Crippen molar-refractivity contribution >= 4 is 37.0 Å². The number of rotatable bonds is 4. The third-order valence-electron chi connectivity index (χ3n) is 4.25. The zero-order valence-corrected chi connectivity index (χ0v) is 16.6. The van der Waals surface area contributed by atoms with Crippen molar-refractivity contribution in [1.29, 1.82) is 0 Å². The van der Waals surface area contributed by atoms with Crippen LogP contribution in [0, 0.1) is 5.82 Å². The summed E-state index contributed by atoms with van der Waals surface area (Å²) in [4.78, 5) is 0. The van der Waals surface area contributed by atoms with Gasteiger partial charge in [-0.3, -0.25) is 0 Å². The highest BCUT2D eigenvalue weighted by Crippen LogP contribution is 2.34. The molecule has 0 aromatic heterocycles. The van der Waals surface area contributed by atoms with Gasteiger partial charge in [0.2, 0.25) is 0 Å². The molecule has 0 amide bonds. The van der Waals surface area contributed by atoms with Gasteiger partial charge in [0.25, 0.3) is 0 Å². The first-order valence-electron chi connectivity index (χ1n) is 8.28. The topological polar surface area (TPSA) is 41.5 Å². The Hall–Kier alpha value is -1.61.